The molecule has 1 atom stereocenters. The standard InChI is InChI=1S/C32H30FN3O4/c1-20-3-2-4-24(15-20)30-27-16-26(12-9-22(27)13-14-36(30)32(38)23-7-8-23)39-19-29-35-28(18-40-29)31(37)34-17-21-5-10-25(33)11-6-21/h2-6,9-12,15-16,18,23,30H,7-8,13-14,17,19H2,1H3,(H,34,37)/t30-/m0/s1. The first-order chi connectivity index (χ1) is 19.4. The summed E-state index contributed by atoms with van der Waals surface area (Å²) in [5, 5.41) is 2.75. The van der Waals surface area contributed by atoms with Gasteiger partial charge in [-0.25, -0.2) is 9.37 Å². The summed E-state index contributed by atoms with van der Waals surface area (Å²) in [5.74, 6) is 0.552. The molecule has 6 rings (SSSR count). The molecule has 1 fully saturated rings. The van der Waals surface area contributed by atoms with E-state index in [1.54, 1.807) is 12.1 Å². The van der Waals surface area contributed by atoms with Crippen molar-refractivity contribution in [3.05, 3.63) is 118 Å². The van der Waals surface area contributed by atoms with Crippen LogP contribution in [0.4, 0.5) is 4.39 Å². The van der Waals surface area contributed by atoms with Crippen molar-refractivity contribution in [1.29, 1.82) is 0 Å². The molecule has 1 aliphatic carbocycles. The molecular formula is C32H30FN3O4. The van der Waals surface area contributed by atoms with Crippen LogP contribution in [-0.2, 0) is 24.4 Å². The molecule has 8 heteroatoms. The number of hydrogen-bond donors (Lipinski definition) is 1. The molecule has 1 aliphatic heterocycles. The number of nitrogens with one attached hydrogen (secondary N) is 1. The summed E-state index contributed by atoms with van der Waals surface area (Å²) < 4.78 is 24.6. The van der Waals surface area contributed by atoms with Gasteiger partial charge in [0.1, 0.15) is 17.8 Å². The molecule has 2 aliphatic rings. The van der Waals surface area contributed by atoms with Gasteiger partial charge in [0.05, 0.1) is 6.04 Å². The van der Waals surface area contributed by atoms with Crippen molar-refractivity contribution in [2.45, 2.75) is 45.4 Å². The molecule has 40 heavy (non-hydrogen) atoms. The minimum absolute atomic E-state index is 0.0455. The van der Waals surface area contributed by atoms with Gasteiger partial charge in [0.2, 0.25) is 11.8 Å². The molecule has 0 bridgehead atoms. The van der Waals surface area contributed by atoms with Gasteiger partial charge >= 0.3 is 0 Å². The summed E-state index contributed by atoms with van der Waals surface area (Å²) in [6, 6.07) is 20.1. The van der Waals surface area contributed by atoms with Gasteiger partial charge in [0, 0.05) is 19.0 Å². The van der Waals surface area contributed by atoms with Crippen LogP contribution >= 0.6 is 0 Å². The highest BCUT2D eigenvalue weighted by atomic mass is 19.1. The smallest absolute Gasteiger partial charge is 0.273 e. The zero-order chi connectivity index (χ0) is 27.6. The van der Waals surface area contributed by atoms with Crippen molar-refractivity contribution in [1.82, 2.24) is 15.2 Å². The predicted octanol–water partition coefficient (Wildman–Crippen LogP) is 5.52. The zero-order valence-electron chi connectivity index (χ0n) is 22.2. The van der Waals surface area contributed by atoms with Crippen LogP contribution in [0.5, 0.6) is 5.75 Å². The Labute approximate surface area is 232 Å². The van der Waals surface area contributed by atoms with Gasteiger partial charge in [-0.2, -0.15) is 0 Å². The summed E-state index contributed by atoms with van der Waals surface area (Å²) in [7, 11) is 0. The predicted molar refractivity (Wildman–Crippen MR) is 146 cm³/mol. The Hall–Kier alpha value is -4.46. The van der Waals surface area contributed by atoms with E-state index in [9.17, 15) is 14.0 Å². The molecule has 2 amide bonds. The van der Waals surface area contributed by atoms with Crippen molar-refractivity contribution in [2.75, 3.05) is 6.54 Å². The number of oxazole rings is 1. The minimum Gasteiger partial charge on any atom is -0.484 e. The van der Waals surface area contributed by atoms with E-state index < -0.39 is 5.91 Å². The second-order valence-electron chi connectivity index (χ2n) is 10.5. The van der Waals surface area contributed by atoms with Crippen molar-refractivity contribution in [2.24, 2.45) is 5.92 Å². The highest BCUT2D eigenvalue weighted by Crippen LogP contribution is 2.41. The van der Waals surface area contributed by atoms with Crippen LogP contribution in [0.15, 0.2) is 77.4 Å². The lowest BCUT2D eigenvalue weighted by molar-refractivity contribution is -0.134. The lowest BCUT2D eigenvalue weighted by Crippen LogP contribution is -2.41. The van der Waals surface area contributed by atoms with Crippen LogP contribution in [0.25, 0.3) is 0 Å². The molecule has 1 aromatic heterocycles. The number of aromatic nitrogens is 1. The lowest BCUT2D eigenvalue weighted by atomic mass is 9.87. The number of carbonyl (C=O) groups is 2. The van der Waals surface area contributed by atoms with Gasteiger partial charge in [-0.1, -0.05) is 48.0 Å². The number of amides is 2. The van der Waals surface area contributed by atoms with Crippen LogP contribution in [0.2, 0.25) is 0 Å². The average Bonchev–Trinajstić information content (AvgIpc) is 3.71. The monoisotopic (exact) mass is 539 g/mol. The fraction of sp³-hybridized carbons (Fsp3) is 0.281. The molecule has 0 radical (unpaired) electrons. The third-order valence-electron chi connectivity index (χ3n) is 7.43. The van der Waals surface area contributed by atoms with Gasteiger partial charge in [0.25, 0.3) is 5.91 Å². The van der Waals surface area contributed by atoms with Crippen LogP contribution in [0, 0.1) is 18.7 Å². The summed E-state index contributed by atoms with van der Waals surface area (Å²) in [6.45, 7) is 3.05. The van der Waals surface area contributed by atoms with Crippen LogP contribution in [0.1, 0.15) is 63.1 Å². The fourth-order valence-electron chi connectivity index (χ4n) is 5.19. The maximum Gasteiger partial charge on any atom is 0.273 e. The van der Waals surface area contributed by atoms with Gasteiger partial charge in [-0.05, 0) is 72.7 Å². The Morgan fingerprint density at radius 2 is 1.93 bits per heavy atom. The van der Waals surface area contributed by atoms with Crippen molar-refractivity contribution >= 4 is 11.8 Å². The minimum atomic E-state index is -0.394. The third kappa shape index (κ3) is 5.61. The first-order valence-electron chi connectivity index (χ1n) is 13.5. The molecule has 4 aromatic rings. The molecule has 0 saturated heterocycles. The molecule has 7 nitrogen and oxygen atoms in total. The second-order valence-corrected chi connectivity index (χ2v) is 10.5. The van der Waals surface area contributed by atoms with E-state index in [0.717, 1.165) is 41.5 Å². The maximum absolute atomic E-state index is 13.3. The average molecular weight is 540 g/mol. The number of rotatable bonds is 8. The van der Waals surface area contributed by atoms with E-state index >= 15 is 0 Å². The van der Waals surface area contributed by atoms with Crippen LogP contribution < -0.4 is 10.1 Å². The van der Waals surface area contributed by atoms with Crippen molar-refractivity contribution in [3.63, 3.8) is 0 Å². The summed E-state index contributed by atoms with van der Waals surface area (Å²) >= 11 is 0. The Morgan fingerprint density at radius 3 is 2.70 bits per heavy atom. The zero-order valence-corrected chi connectivity index (χ0v) is 22.2. The molecule has 1 N–H and O–H groups in total. The van der Waals surface area contributed by atoms with E-state index in [0.29, 0.717) is 12.3 Å². The van der Waals surface area contributed by atoms with Crippen molar-refractivity contribution < 1.29 is 23.1 Å². The Kier molecular flexibility index (Phi) is 7.07. The molecular weight excluding hydrogens is 509 g/mol. The number of ether oxygens (including phenoxy) is 1. The third-order valence-corrected chi connectivity index (χ3v) is 7.43. The van der Waals surface area contributed by atoms with E-state index in [2.05, 4.69) is 41.5 Å². The van der Waals surface area contributed by atoms with Gasteiger partial charge in [-0.15, -0.1) is 0 Å². The van der Waals surface area contributed by atoms with Gasteiger partial charge in [-0.3, -0.25) is 9.59 Å². The normalized spacial score (nSPS) is 16.4. The van der Waals surface area contributed by atoms with Crippen LogP contribution in [-0.4, -0.2) is 28.2 Å². The van der Waals surface area contributed by atoms with E-state index in [1.165, 1.54) is 24.0 Å². The van der Waals surface area contributed by atoms with Crippen molar-refractivity contribution in [3.8, 4) is 5.75 Å². The largest absolute Gasteiger partial charge is 0.484 e. The Balaban J connectivity index is 1.16. The maximum atomic E-state index is 13.3. The highest BCUT2D eigenvalue weighted by molar-refractivity contribution is 5.91. The van der Waals surface area contributed by atoms with Crippen LogP contribution in [0.3, 0.4) is 0 Å². The Morgan fingerprint density at radius 1 is 1.10 bits per heavy atom. The number of nitrogens with zero attached hydrogens (tertiary/aromatic N) is 2. The van der Waals surface area contributed by atoms with E-state index in [1.807, 2.05) is 23.1 Å². The fourth-order valence-corrected chi connectivity index (χ4v) is 5.19. The molecule has 0 spiro atoms. The highest BCUT2D eigenvalue weighted by Gasteiger charge is 2.39. The van der Waals surface area contributed by atoms with Gasteiger partial charge < -0.3 is 19.4 Å². The van der Waals surface area contributed by atoms with E-state index in [4.69, 9.17) is 9.15 Å². The van der Waals surface area contributed by atoms with E-state index in [-0.39, 0.29) is 48.4 Å². The summed E-state index contributed by atoms with van der Waals surface area (Å²) in [4.78, 5) is 32.0. The number of aryl methyl sites for hydroxylation is 1. The first kappa shape index (κ1) is 25.8. The Bertz CT molecular complexity index is 1540. The molecule has 204 valence electrons. The SMILES string of the molecule is Cc1cccc([C@H]2c3cc(OCc4nc(C(=O)NCc5ccc(F)cc5)co4)ccc3CCN2C(=O)C2CC2)c1. The summed E-state index contributed by atoms with van der Waals surface area (Å²) in [5.41, 5.74) is 5.43. The number of halogens is 1. The lowest BCUT2D eigenvalue weighted by Gasteiger charge is -2.38. The molecule has 1 saturated carbocycles. The quantitative estimate of drug-likeness (QED) is 0.319. The number of carbonyl (C=O) groups excluding carboxylic acids is 2. The second kappa shape index (κ2) is 11.0. The van der Waals surface area contributed by atoms with Gasteiger partial charge in [0.15, 0.2) is 12.3 Å². The molecule has 0 unspecified atom stereocenters. The number of benzene rings is 3. The summed E-state index contributed by atoms with van der Waals surface area (Å²) in [6.07, 6.45) is 4.02. The first-order valence-corrected chi connectivity index (χ1v) is 13.5. The molecule has 3 aromatic carbocycles. The molecule has 2 heterocycles. The number of fused-ring (bicyclic) bond motifs is 1. The number of hydrogen-bond acceptors (Lipinski definition) is 5. The topological polar surface area (TPSA) is 84.7 Å².